The Morgan fingerprint density at radius 3 is 1.60 bits per heavy atom. The van der Waals surface area contributed by atoms with Crippen molar-refractivity contribution in [1.29, 1.82) is 0 Å². The number of thioether (sulfide) groups is 2. The first-order chi connectivity index (χ1) is 24.8. The van der Waals surface area contributed by atoms with Crippen LogP contribution in [0.5, 0.6) is 0 Å². The van der Waals surface area contributed by atoms with E-state index in [2.05, 4.69) is 43.0 Å². The van der Waals surface area contributed by atoms with Gasteiger partial charge in [0.15, 0.2) is 45.7 Å². The number of phosphoric acid groups is 2. The maximum Gasteiger partial charge on any atom is 0.487 e. The minimum atomic E-state index is -5.83. The van der Waals surface area contributed by atoms with E-state index in [1.54, 1.807) is 12.5 Å². The Labute approximate surface area is 306 Å². The molecule has 3 unspecified atom stereocenters. The fraction of sp³-hybridized carbons (Fsp3) is 0.545. The van der Waals surface area contributed by atoms with Gasteiger partial charge < -0.3 is 55.7 Å². The van der Waals surface area contributed by atoms with E-state index in [-0.39, 0.29) is 44.3 Å². The first-order valence-electron chi connectivity index (χ1n) is 14.7. The van der Waals surface area contributed by atoms with Crippen molar-refractivity contribution in [3.05, 3.63) is 12.7 Å². The molecule has 10 N–H and O–H groups in total. The number of anilines is 2. The predicted octanol–water partition coefficient (Wildman–Crippen LogP) is -0.943. The average Bonchev–Trinajstić information content (AvgIpc) is 3.83. The van der Waals surface area contributed by atoms with Crippen LogP contribution in [-0.2, 0) is 40.8 Å². The fourth-order valence-electron chi connectivity index (χ4n) is 5.26. The van der Waals surface area contributed by atoms with Gasteiger partial charge in [-0.1, -0.05) is 23.5 Å². The number of hydrogen-bond donors (Lipinski definition) is 8. The van der Waals surface area contributed by atoms with Crippen molar-refractivity contribution < 1.29 is 71.1 Å². The zero-order valence-corrected chi connectivity index (χ0v) is 31.3. The number of rotatable bonds is 14. The molecule has 2 fully saturated rings. The van der Waals surface area contributed by atoms with Gasteiger partial charge in [0.25, 0.3) is 7.47 Å². The van der Waals surface area contributed by atoms with Crippen LogP contribution in [0.4, 0.5) is 11.6 Å². The highest BCUT2D eigenvalue weighted by Gasteiger charge is 2.48. The van der Waals surface area contributed by atoms with Crippen molar-refractivity contribution in [3.8, 4) is 0 Å². The molecule has 0 spiro atoms. The van der Waals surface area contributed by atoms with Gasteiger partial charge in [-0.2, -0.15) is 4.31 Å². The standard InChI is InChI=1S/C22H30BN10O15P3S2/c1-52-21-28-15(24)9-17(30-21)32(5-26-9)19-13(36)11(34)7(45-19)3-43-49(23,38)47-51(41,42)48-50(39,40)44-4-8-12(35)14(37)20(46-8)33-6-27-10-16(25)29-22(53-2)31-18(10)33/h5-8,11-14,19-20,34-37H,3-4H2,1-2H3,(H,39,40)(H,41,42)(H2,24,28,30)(H2,25,29,31)/t7-,8-,11-,12-,13-,14-,19-,20-,49?/m1/s1. The average molecular weight is 842 g/mol. The molecule has 0 bridgehead atoms. The number of aromatic nitrogens is 8. The lowest BCUT2D eigenvalue weighted by Gasteiger charge is -2.22. The molecule has 2 saturated heterocycles. The van der Waals surface area contributed by atoms with E-state index in [1.807, 2.05) is 0 Å². The molecule has 2 aliphatic rings. The highest BCUT2D eigenvalue weighted by Crippen LogP contribution is 2.67. The molecule has 2 radical (unpaired) electrons. The SMILES string of the molecule is [B]P(=O)(OC[C@H]1O[C@@H](n2cnc3c(N)nc(SC)nc32)[C@H](O)[C@@H]1O)OP(=O)(O)OP(=O)(O)OC[C@H]1O[C@@H](n2cnc3c(N)nc(SC)nc32)[C@H](O)[C@@H]1O. The van der Waals surface area contributed by atoms with Crippen LogP contribution in [0.3, 0.4) is 0 Å². The van der Waals surface area contributed by atoms with Gasteiger partial charge in [0.05, 0.1) is 25.9 Å². The maximum atomic E-state index is 12.8. The summed E-state index contributed by atoms with van der Waals surface area (Å²) in [7, 11) is -11.2. The lowest BCUT2D eigenvalue weighted by Crippen LogP contribution is -2.33. The summed E-state index contributed by atoms with van der Waals surface area (Å²) in [6.07, 6.45) is -6.53. The number of aliphatic hydroxyl groups excluding tert-OH is 4. The number of nitrogens with two attached hydrogens (primary N) is 2. The zero-order valence-electron chi connectivity index (χ0n) is 27.0. The highest BCUT2D eigenvalue weighted by molar-refractivity contribution is 7.98. The Bertz CT molecular complexity index is 2010. The van der Waals surface area contributed by atoms with E-state index in [1.165, 1.54) is 45.3 Å². The predicted molar refractivity (Wildman–Crippen MR) is 182 cm³/mol. The van der Waals surface area contributed by atoms with Crippen molar-refractivity contribution in [1.82, 2.24) is 39.0 Å². The lowest BCUT2D eigenvalue weighted by molar-refractivity contribution is -0.0504. The molecule has 0 aliphatic carbocycles. The van der Waals surface area contributed by atoms with Gasteiger partial charge in [-0.25, -0.2) is 43.3 Å². The lowest BCUT2D eigenvalue weighted by atomic mass is 10.1. The summed E-state index contributed by atoms with van der Waals surface area (Å²) < 4.78 is 69.7. The third-order valence-electron chi connectivity index (χ3n) is 7.69. The van der Waals surface area contributed by atoms with E-state index in [0.717, 1.165) is 0 Å². The maximum absolute atomic E-state index is 12.8. The summed E-state index contributed by atoms with van der Waals surface area (Å²) in [6.45, 7) is -1.90. The second-order valence-corrected chi connectivity index (χ2v) is 17.5. The van der Waals surface area contributed by atoms with Gasteiger partial charge >= 0.3 is 15.6 Å². The number of nitrogen functional groups attached to an aromatic ring is 2. The van der Waals surface area contributed by atoms with Crippen LogP contribution in [-0.4, -0.2) is 139 Å². The Morgan fingerprint density at radius 2 is 1.17 bits per heavy atom. The molecule has 31 heteroatoms. The number of phosphoric ester groups is 1. The van der Waals surface area contributed by atoms with Crippen LogP contribution in [0.2, 0.25) is 0 Å². The second kappa shape index (κ2) is 15.3. The first kappa shape index (κ1) is 40.3. The molecule has 0 saturated carbocycles. The van der Waals surface area contributed by atoms with E-state index in [0.29, 0.717) is 0 Å². The van der Waals surface area contributed by atoms with Gasteiger partial charge in [-0.05, 0) is 12.5 Å². The summed E-state index contributed by atoms with van der Waals surface area (Å²) in [6, 6.07) is 0. The van der Waals surface area contributed by atoms with E-state index in [9.17, 15) is 43.9 Å². The third kappa shape index (κ3) is 8.44. The zero-order chi connectivity index (χ0) is 38.6. The van der Waals surface area contributed by atoms with Gasteiger partial charge in [0, 0.05) is 0 Å². The number of aliphatic hydroxyl groups is 4. The van der Waals surface area contributed by atoms with Crippen LogP contribution in [0.1, 0.15) is 12.5 Å². The Hall–Kier alpha value is -2.33. The molecule has 2 aliphatic heterocycles. The largest absolute Gasteiger partial charge is 0.487 e. The monoisotopic (exact) mass is 842 g/mol. The van der Waals surface area contributed by atoms with Crippen molar-refractivity contribution in [2.24, 2.45) is 0 Å². The normalized spacial score (nSPS) is 29.7. The summed E-state index contributed by atoms with van der Waals surface area (Å²) in [4.78, 5) is 45.1. The Kier molecular flexibility index (Phi) is 11.7. The third-order valence-corrected chi connectivity index (χ3v) is 13.2. The van der Waals surface area contributed by atoms with Crippen LogP contribution in [0, 0.1) is 0 Å². The van der Waals surface area contributed by atoms with Gasteiger partial charge in [-0.15, -0.1) is 0 Å². The topological polar surface area (TPSA) is 367 Å². The molecular formula is C22H30BN10O15P3S2. The van der Waals surface area contributed by atoms with Crippen molar-refractivity contribution in [2.75, 3.05) is 37.2 Å². The summed E-state index contributed by atoms with van der Waals surface area (Å²) in [5, 5.41) is 43.0. The number of fused-ring (bicyclic) bond motifs is 2. The smallest absolute Gasteiger partial charge is 0.387 e. The molecule has 0 amide bonds. The number of nitrogens with zero attached hydrogens (tertiary/aromatic N) is 8. The Morgan fingerprint density at radius 1 is 0.736 bits per heavy atom. The van der Waals surface area contributed by atoms with Crippen molar-refractivity contribution >= 4 is 88.2 Å². The molecule has 11 atom stereocenters. The van der Waals surface area contributed by atoms with Crippen LogP contribution in [0.15, 0.2) is 23.0 Å². The molecule has 53 heavy (non-hydrogen) atoms. The number of ether oxygens (including phenoxy) is 2. The summed E-state index contributed by atoms with van der Waals surface area (Å²) in [5.41, 5.74) is 12.5. The first-order valence-corrected chi connectivity index (χ1v) is 21.8. The summed E-state index contributed by atoms with van der Waals surface area (Å²) >= 11 is 2.35. The number of imidazole rings is 2. The minimum absolute atomic E-state index is 0.0378. The molecular weight excluding hydrogens is 812 g/mol. The molecule has 25 nitrogen and oxygen atoms in total. The van der Waals surface area contributed by atoms with Crippen LogP contribution < -0.4 is 11.5 Å². The summed E-state index contributed by atoms with van der Waals surface area (Å²) in [5.74, 6) is 0.0832. The van der Waals surface area contributed by atoms with E-state index < -0.39 is 85.4 Å². The molecule has 6 rings (SSSR count). The molecule has 4 aromatic heterocycles. The highest BCUT2D eigenvalue weighted by atomic mass is 32.2. The molecule has 4 aromatic rings. The molecule has 6 heterocycles. The Balaban J connectivity index is 1.04. The van der Waals surface area contributed by atoms with Gasteiger partial charge in [-0.3, -0.25) is 18.2 Å². The van der Waals surface area contributed by atoms with E-state index >= 15 is 0 Å². The molecule has 0 aromatic carbocycles. The quantitative estimate of drug-likeness (QED) is 0.0328. The van der Waals surface area contributed by atoms with Crippen LogP contribution >= 0.6 is 46.6 Å². The van der Waals surface area contributed by atoms with Crippen molar-refractivity contribution in [2.45, 2.75) is 59.4 Å². The van der Waals surface area contributed by atoms with Gasteiger partial charge in [0.2, 0.25) is 7.57 Å². The van der Waals surface area contributed by atoms with Crippen LogP contribution in [0.25, 0.3) is 22.3 Å². The number of hydrogen-bond acceptors (Lipinski definition) is 23. The fourth-order valence-corrected chi connectivity index (χ4v) is 9.65. The van der Waals surface area contributed by atoms with E-state index in [4.69, 9.17) is 33.0 Å². The molecule has 288 valence electrons. The van der Waals surface area contributed by atoms with Crippen molar-refractivity contribution in [3.63, 3.8) is 0 Å². The minimum Gasteiger partial charge on any atom is -0.387 e. The second-order valence-electron chi connectivity index (χ2n) is 11.2. The van der Waals surface area contributed by atoms with Gasteiger partial charge in [0.1, 0.15) is 47.7 Å².